The highest BCUT2D eigenvalue weighted by molar-refractivity contribution is 6.30. The van der Waals surface area contributed by atoms with Gasteiger partial charge in [-0.2, -0.15) is 0 Å². The Labute approximate surface area is 136 Å². The molecule has 0 radical (unpaired) electrons. The second-order valence-electron chi connectivity index (χ2n) is 5.69. The minimum absolute atomic E-state index is 0.00939. The first-order valence-electron chi connectivity index (χ1n) is 7.54. The lowest BCUT2D eigenvalue weighted by Gasteiger charge is -2.34. The van der Waals surface area contributed by atoms with Gasteiger partial charge in [-0.15, -0.1) is 0 Å². The number of hydrogen-bond donors (Lipinski definition) is 2. The molecule has 1 fully saturated rings. The molecule has 0 spiro atoms. The first kappa shape index (κ1) is 17.1. The highest BCUT2D eigenvalue weighted by atomic mass is 35.5. The average molecular weight is 327 g/mol. The van der Waals surface area contributed by atoms with Crippen molar-refractivity contribution in [2.24, 2.45) is 11.1 Å². The van der Waals surface area contributed by atoms with E-state index in [4.69, 9.17) is 26.8 Å². The van der Waals surface area contributed by atoms with Gasteiger partial charge >= 0.3 is 0 Å². The molecular formula is C16H23ClN2O3. The number of amides is 1. The van der Waals surface area contributed by atoms with E-state index < -0.39 is 5.41 Å². The van der Waals surface area contributed by atoms with Crippen LogP contribution in [0.2, 0.25) is 5.02 Å². The van der Waals surface area contributed by atoms with Crippen molar-refractivity contribution in [3.8, 4) is 5.75 Å². The number of carbonyl (C=O) groups excluding carboxylic acids is 1. The van der Waals surface area contributed by atoms with E-state index in [-0.39, 0.29) is 12.0 Å². The summed E-state index contributed by atoms with van der Waals surface area (Å²) in [5.74, 6) is 0.718. The zero-order chi connectivity index (χ0) is 16.0. The van der Waals surface area contributed by atoms with E-state index >= 15 is 0 Å². The predicted molar refractivity (Wildman–Crippen MR) is 86.1 cm³/mol. The second-order valence-corrected chi connectivity index (χ2v) is 6.13. The van der Waals surface area contributed by atoms with Crippen LogP contribution in [0.5, 0.6) is 5.75 Å². The molecule has 1 heterocycles. The fraction of sp³-hybridized carbons (Fsp3) is 0.562. The second kappa shape index (κ2) is 7.81. The number of rotatable bonds is 6. The Balaban J connectivity index is 1.83. The summed E-state index contributed by atoms with van der Waals surface area (Å²) >= 11 is 5.83. The monoisotopic (exact) mass is 326 g/mol. The molecule has 0 aromatic heterocycles. The van der Waals surface area contributed by atoms with Gasteiger partial charge in [0, 0.05) is 24.8 Å². The molecule has 1 aromatic carbocycles. The molecule has 1 aromatic rings. The topological polar surface area (TPSA) is 73.6 Å². The van der Waals surface area contributed by atoms with E-state index in [1.807, 2.05) is 6.92 Å². The number of benzene rings is 1. The zero-order valence-corrected chi connectivity index (χ0v) is 13.6. The quantitative estimate of drug-likeness (QED) is 0.838. The normalized spacial score (nSPS) is 18.5. The summed E-state index contributed by atoms with van der Waals surface area (Å²) in [5, 5.41) is 3.61. The first-order chi connectivity index (χ1) is 10.6. The Morgan fingerprint density at radius 3 is 2.64 bits per heavy atom. The van der Waals surface area contributed by atoms with Crippen molar-refractivity contribution >= 4 is 17.5 Å². The molecule has 1 atom stereocenters. The predicted octanol–water partition coefficient (Wildman–Crippen LogP) is 1.98. The number of carbonyl (C=O) groups is 1. The van der Waals surface area contributed by atoms with E-state index in [9.17, 15) is 4.79 Å². The summed E-state index contributed by atoms with van der Waals surface area (Å²) in [7, 11) is 0. The van der Waals surface area contributed by atoms with Crippen LogP contribution in [0.4, 0.5) is 0 Å². The van der Waals surface area contributed by atoms with Gasteiger partial charge in [0.25, 0.3) is 0 Å². The molecular weight excluding hydrogens is 304 g/mol. The number of halogens is 1. The lowest BCUT2D eigenvalue weighted by atomic mass is 9.79. The number of nitrogens with two attached hydrogens (primary N) is 1. The highest BCUT2D eigenvalue weighted by Gasteiger charge is 2.38. The summed E-state index contributed by atoms with van der Waals surface area (Å²) in [6.45, 7) is 3.86. The SMILES string of the molecule is CC(CNC(=O)C1(CN)CCOCC1)Oc1ccc(Cl)cc1. The maximum atomic E-state index is 12.4. The van der Waals surface area contributed by atoms with Crippen LogP contribution in [-0.4, -0.2) is 38.3 Å². The molecule has 0 saturated carbocycles. The van der Waals surface area contributed by atoms with Crippen LogP contribution >= 0.6 is 11.6 Å². The van der Waals surface area contributed by atoms with Gasteiger partial charge in [-0.1, -0.05) is 11.6 Å². The molecule has 6 heteroatoms. The van der Waals surface area contributed by atoms with Crippen molar-refractivity contribution in [2.75, 3.05) is 26.3 Å². The van der Waals surface area contributed by atoms with Crippen LogP contribution in [0.25, 0.3) is 0 Å². The van der Waals surface area contributed by atoms with Gasteiger partial charge in [-0.3, -0.25) is 4.79 Å². The van der Waals surface area contributed by atoms with Crippen molar-refractivity contribution in [2.45, 2.75) is 25.9 Å². The van der Waals surface area contributed by atoms with Gasteiger partial charge in [0.2, 0.25) is 5.91 Å². The summed E-state index contributed by atoms with van der Waals surface area (Å²) in [4.78, 5) is 12.4. The number of nitrogens with one attached hydrogen (secondary N) is 1. The molecule has 1 unspecified atom stereocenters. The van der Waals surface area contributed by atoms with E-state index in [1.165, 1.54) is 0 Å². The van der Waals surface area contributed by atoms with E-state index in [0.29, 0.717) is 44.2 Å². The Hall–Kier alpha value is -1.30. The lowest BCUT2D eigenvalue weighted by Crippen LogP contribution is -2.50. The molecule has 0 bridgehead atoms. The van der Waals surface area contributed by atoms with Crippen LogP contribution < -0.4 is 15.8 Å². The van der Waals surface area contributed by atoms with Gasteiger partial charge in [0.15, 0.2) is 0 Å². The van der Waals surface area contributed by atoms with Crippen molar-refractivity contribution in [1.29, 1.82) is 0 Å². The molecule has 22 heavy (non-hydrogen) atoms. The third kappa shape index (κ3) is 4.35. The van der Waals surface area contributed by atoms with Gasteiger partial charge in [0.1, 0.15) is 11.9 Å². The maximum Gasteiger partial charge on any atom is 0.227 e. The van der Waals surface area contributed by atoms with E-state index in [1.54, 1.807) is 24.3 Å². The summed E-state index contributed by atoms with van der Waals surface area (Å²) in [6.07, 6.45) is 1.20. The third-order valence-electron chi connectivity index (χ3n) is 4.02. The molecule has 3 N–H and O–H groups in total. The number of ether oxygens (including phenoxy) is 2. The van der Waals surface area contributed by atoms with Crippen LogP contribution in [0, 0.1) is 5.41 Å². The molecule has 2 rings (SSSR count). The summed E-state index contributed by atoms with van der Waals surface area (Å²) in [5.41, 5.74) is 5.32. The fourth-order valence-corrected chi connectivity index (χ4v) is 2.62. The highest BCUT2D eigenvalue weighted by Crippen LogP contribution is 2.29. The minimum Gasteiger partial charge on any atom is -0.489 e. The Bertz CT molecular complexity index is 487. The van der Waals surface area contributed by atoms with Crippen LogP contribution in [0.15, 0.2) is 24.3 Å². The van der Waals surface area contributed by atoms with Crippen LogP contribution in [-0.2, 0) is 9.53 Å². The fourth-order valence-electron chi connectivity index (χ4n) is 2.50. The van der Waals surface area contributed by atoms with Gasteiger partial charge in [0.05, 0.1) is 12.0 Å². The molecule has 5 nitrogen and oxygen atoms in total. The van der Waals surface area contributed by atoms with E-state index in [0.717, 1.165) is 5.75 Å². The molecule has 1 saturated heterocycles. The summed E-state index contributed by atoms with van der Waals surface area (Å²) in [6, 6.07) is 7.16. The molecule has 122 valence electrons. The van der Waals surface area contributed by atoms with Gasteiger partial charge in [-0.05, 0) is 44.0 Å². The standard InChI is InChI=1S/C16H23ClN2O3/c1-12(22-14-4-2-13(17)3-5-14)10-19-15(20)16(11-18)6-8-21-9-7-16/h2-5,12H,6-11,18H2,1H3,(H,19,20). The third-order valence-corrected chi connectivity index (χ3v) is 4.28. The molecule has 1 amide bonds. The maximum absolute atomic E-state index is 12.4. The van der Waals surface area contributed by atoms with Crippen molar-refractivity contribution in [3.63, 3.8) is 0 Å². The summed E-state index contributed by atoms with van der Waals surface area (Å²) < 4.78 is 11.1. The van der Waals surface area contributed by atoms with Gasteiger partial charge in [-0.25, -0.2) is 0 Å². The van der Waals surface area contributed by atoms with Crippen LogP contribution in [0.1, 0.15) is 19.8 Å². The van der Waals surface area contributed by atoms with Crippen molar-refractivity contribution in [3.05, 3.63) is 29.3 Å². The van der Waals surface area contributed by atoms with Gasteiger partial charge < -0.3 is 20.5 Å². The molecule has 0 aliphatic carbocycles. The average Bonchev–Trinajstić information content (AvgIpc) is 2.55. The first-order valence-corrected chi connectivity index (χ1v) is 7.92. The molecule has 1 aliphatic rings. The molecule has 1 aliphatic heterocycles. The number of hydrogen-bond acceptors (Lipinski definition) is 4. The Kier molecular flexibility index (Phi) is 6.06. The minimum atomic E-state index is -0.502. The largest absolute Gasteiger partial charge is 0.489 e. The van der Waals surface area contributed by atoms with Crippen molar-refractivity contribution < 1.29 is 14.3 Å². The Morgan fingerprint density at radius 1 is 1.41 bits per heavy atom. The van der Waals surface area contributed by atoms with E-state index in [2.05, 4.69) is 5.32 Å². The van der Waals surface area contributed by atoms with Crippen molar-refractivity contribution in [1.82, 2.24) is 5.32 Å². The lowest BCUT2D eigenvalue weighted by molar-refractivity contribution is -0.136. The zero-order valence-electron chi connectivity index (χ0n) is 12.8. The Morgan fingerprint density at radius 2 is 2.05 bits per heavy atom. The smallest absolute Gasteiger partial charge is 0.227 e. The van der Waals surface area contributed by atoms with Crippen LogP contribution in [0.3, 0.4) is 0 Å².